The molecule has 2 aromatic rings. The van der Waals surface area contributed by atoms with E-state index in [0.717, 1.165) is 11.1 Å². The lowest BCUT2D eigenvalue weighted by Gasteiger charge is -2.14. The Morgan fingerprint density at radius 1 is 0.903 bits per heavy atom. The molecule has 2 aromatic carbocycles. The van der Waals surface area contributed by atoms with Crippen LogP contribution in [0.2, 0.25) is 0 Å². The van der Waals surface area contributed by atoms with E-state index in [1.165, 1.54) is 33.5 Å². The van der Waals surface area contributed by atoms with Crippen LogP contribution in [0.15, 0.2) is 36.4 Å². The largest absolute Gasteiger partial charge is 0.493 e. The van der Waals surface area contributed by atoms with Crippen LogP contribution in [0, 0.1) is 6.92 Å². The maximum atomic E-state index is 12.4. The first-order valence-corrected chi connectivity index (χ1v) is 9.44. The molecule has 0 saturated carbocycles. The fourth-order valence-electron chi connectivity index (χ4n) is 2.72. The minimum absolute atomic E-state index is 0.207. The summed E-state index contributed by atoms with van der Waals surface area (Å²) in [5.41, 5.74) is 2.23. The molecule has 2 N–H and O–H groups in total. The lowest BCUT2D eigenvalue weighted by Crippen LogP contribution is -2.33. The van der Waals surface area contributed by atoms with E-state index in [4.69, 9.17) is 18.9 Å². The van der Waals surface area contributed by atoms with E-state index in [1.807, 2.05) is 31.2 Å². The van der Waals surface area contributed by atoms with Crippen LogP contribution >= 0.6 is 0 Å². The highest BCUT2D eigenvalue weighted by atomic mass is 16.5. The van der Waals surface area contributed by atoms with Crippen LogP contribution < -0.4 is 24.8 Å². The molecular formula is C22H26N2O7. The van der Waals surface area contributed by atoms with Gasteiger partial charge >= 0.3 is 5.97 Å². The summed E-state index contributed by atoms with van der Waals surface area (Å²) in [7, 11) is 4.31. The fraction of sp³-hybridized carbons (Fsp3) is 0.318. The van der Waals surface area contributed by atoms with Crippen molar-refractivity contribution < 1.29 is 33.3 Å². The monoisotopic (exact) mass is 430 g/mol. The van der Waals surface area contributed by atoms with Crippen molar-refractivity contribution in [3.05, 3.63) is 53.1 Å². The maximum Gasteiger partial charge on any atom is 0.325 e. The second kappa shape index (κ2) is 11.4. The second-order valence-electron chi connectivity index (χ2n) is 6.46. The van der Waals surface area contributed by atoms with Gasteiger partial charge in [-0.2, -0.15) is 0 Å². The Morgan fingerprint density at radius 3 is 2.13 bits per heavy atom. The van der Waals surface area contributed by atoms with Crippen LogP contribution in [-0.2, 0) is 20.9 Å². The zero-order valence-electron chi connectivity index (χ0n) is 17.9. The van der Waals surface area contributed by atoms with Crippen LogP contribution in [0.1, 0.15) is 21.5 Å². The fourth-order valence-corrected chi connectivity index (χ4v) is 2.72. The first-order chi connectivity index (χ1) is 14.9. The molecule has 31 heavy (non-hydrogen) atoms. The Hall–Kier alpha value is -3.75. The zero-order valence-corrected chi connectivity index (χ0v) is 17.9. The van der Waals surface area contributed by atoms with Gasteiger partial charge in [0, 0.05) is 12.1 Å². The van der Waals surface area contributed by atoms with Crippen molar-refractivity contribution in [3.8, 4) is 17.2 Å². The molecule has 0 aliphatic rings. The Kier molecular flexibility index (Phi) is 8.68. The minimum Gasteiger partial charge on any atom is -0.493 e. The van der Waals surface area contributed by atoms with Crippen molar-refractivity contribution in [3.63, 3.8) is 0 Å². The van der Waals surface area contributed by atoms with Gasteiger partial charge in [-0.1, -0.05) is 24.3 Å². The Morgan fingerprint density at radius 2 is 1.55 bits per heavy atom. The zero-order chi connectivity index (χ0) is 22.8. The van der Waals surface area contributed by atoms with Gasteiger partial charge in [-0.25, -0.2) is 0 Å². The second-order valence-corrected chi connectivity index (χ2v) is 6.46. The molecule has 9 nitrogen and oxygen atoms in total. The van der Waals surface area contributed by atoms with Crippen molar-refractivity contribution in [2.45, 2.75) is 13.5 Å². The molecule has 2 amide bonds. The molecule has 0 unspecified atom stereocenters. The molecule has 0 heterocycles. The van der Waals surface area contributed by atoms with Crippen LogP contribution in [0.25, 0.3) is 0 Å². The average Bonchev–Trinajstić information content (AvgIpc) is 2.79. The topological polar surface area (TPSA) is 112 Å². The number of ether oxygens (including phenoxy) is 4. The summed E-state index contributed by atoms with van der Waals surface area (Å²) in [6.07, 6.45) is 0. The predicted molar refractivity (Wildman–Crippen MR) is 112 cm³/mol. The van der Waals surface area contributed by atoms with E-state index >= 15 is 0 Å². The summed E-state index contributed by atoms with van der Waals surface area (Å²) in [6, 6.07) is 10.6. The normalized spacial score (nSPS) is 10.1. The summed E-state index contributed by atoms with van der Waals surface area (Å²) in [4.78, 5) is 36.1. The van der Waals surface area contributed by atoms with E-state index < -0.39 is 30.9 Å². The van der Waals surface area contributed by atoms with Crippen molar-refractivity contribution in [2.75, 3.05) is 34.5 Å². The standard InChI is InChI=1S/C22H26N2O7/c1-14-7-5-6-8-15(14)11-23-19(25)13-31-20(26)12-24-22(27)16-9-17(28-2)21(30-4)18(10-16)29-3/h5-10H,11-13H2,1-4H3,(H,23,25)(H,24,27). The number of carbonyl (C=O) groups is 3. The highest BCUT2D eigenvalue weighted by molar-refractivity contribution is 5.97. The van der Waals surface area contributed by atoms with Crippen LogP contribution in [0.4, 0.5) is 0 Å². The molecule has 0 saturated heterocycles. The molecule has 0 fully saturated rings. The highest BCUT2D eigenvalue weighted by Gasteiger charge is 2.18. The summed E-state index contributed by atoms with van der Waals surface area (Å²) in [5.74, 6) is -0.767. The molecular weight excluding hydrogens is 404 g/mol. The summed E-state index contributed by atoms with van der Waals surface area (Å²) < 4.78 is 20.5. The van der Waals surface area contributed by atoms with Crippen LogP contribution in [0.5, 0.6) is 17.2 Å². The smallest absolute Gasteiger partial charge is 0.325 e. The Labute approximate surface area is 180 Å². The van der Waals surface area contributed by atoms with Crippen molar-refractivity contribution in [2.24, 2.45) is 0 Å². The molecule has 0 aliphatic heterocycles. The molecule has 0 aromatic heterocycles. The SMILES string of the molecule is COc1cc(C(=O)NCC(=O)OCC(=O)NCc2ccccc2C)cc(OC)c1OC. The van der Waals surface area contributed by atoms with Crippen molar-refractivity contribution in [1.29, 1.82) is 0 Å². The third-order valence-corrected chi connectivity index (χ3v) is 4.42. The third-order valence-electron chi connectivity index (χ3n) is 4.42. The third kappa shape index (κ3) is 6.63. The van der Waals surface area contributed by atoms with Gasteiger partial charge in [0.15, 0.2) is 18.1 Å². The number of hydrogen-bond acceptors (Lipinski definition) is 7. The van der Waals surface area contributed by atoms with Gasteiger partial charge in [0.1, 0.15) is 6.54 Å². The van der Waals surface area contributed by atoms with E-state index in [9.17, 15) is 14.4 Å². The van der Waals surface area contributed by atoms with Gasteiger partial charge < -0.3 is 29.6 Å². The predicted octanol–water partition coefficient (Wildman–Crippen LogP) is 1.61. The molecule has 166 valence electrons. The lowest BCUT2D eigenvalue weighted by atomic mass is 10.1. The van der Waals surface area contributed by atoms with Gasteiger partial charge in [-0.3, -0.25) is 14.4 Å². The highest BCUT2D eigenvalue weighted by Crippen LogP contribution is 2.38. The molecule has 0 bridgehead atoms. The van der Waals surface area contributed by atoms with E-state index in [-0.39, 0.29) is 5.56 Å². The van der Waals surface area contributed by atoms with Gasteiger partial charge in [0.25, 0.3) is 11.8 Å². The molecule has 0 aliphatic carbocycles. The lowest BCUT2D eigenvalue weighted by molar-refractivity contribution is -0.147. The summed E-state index contributed by atoms with van der Waals surface area (Å²) in [5, 5.41) is 5.11. The number of amides is 2. The first-order valence-electron chi connectivity index (χ1n) is 9.44. The van der Waals surface area contributed by atoms with Crippen LogP contribution in [0.3, 0.4) is 0 Å². The summed E-state index contributed by atoms with van der Waals surface area (Å²) >= 11 is 0. The summed E-state index contributed by atoms with van der Waals surface area (Å²) in [6.45, 7) is 1.43. The molecule has 0 atom stereocenters. The number of esters is 1. The minimum atomic E-state index is -0.744. The maximum absolute atomic E-state index is 12.4. The molecule has 0 radical (unpaired) electrons. The van der Waals surface area contributed by atoms with Crippen LogP contribution in [-0.4, -0.2) is 52.3 Å². The van der Waals surface area contributed by atoms with E-state index in [2.05, 4.69) is 10.6 Å². The van der Waals surface area contributed by atoms with Crippen molar-refractivity contribution >= 4 is 17.8 Å². The van der Waals surface area contributed by atoms with Gasteiger partial charge in [0.2, 0.25) is 5.75 Å². The Balaban J connectivity index is 1.82. The van der Waals surface area contributed by atoms with Gasteiger partial charge in [0.05, 0.1) is 21.3 Å². The molecule has 9 heteroatoms. The van der Waals surface area contributed by atoms with Gasteiger partial charge in [-0.15, -0.1) is 0 Å². The average molecular weight is 430 g/mol. The first kappa shape index (κ1) is 23.5. The quantitative estimate of drug-likeness (QED) is 0.551. The number of nitrogens with one attached hydrogen (secondary N) is 2. The van der Waals surface area contributed by atoms with E-state index in [1.54, 1.807) is 0 Å². The van der Waals surface area contributed by atoms with Crippen molar-refractivity contribution in [1.82, 2.24) is 10.6 Å². The number of hydrogen-bond donors (Lipinski definition) is 2. The van der Waals surface area contributed by atoms with Gasteiger partial charge in [-0.05, 0) is 30.2 Å². The molecule has 2 rings (SSSR count). The number of aryl methyl sites for hydroxylation is 1. The number of methoxy groups -OCH3 is 3. The Bertz CT molecular complexity index is 918. The molecule has 0 spiro atoms. The number of rotatable bonds is 10. The number of carbonyl (C=O) groups excluding carboxylic acids is 3. The number of benzene rings is 2. The van der Waals surface area contributed by atoms with E-state index in [0.29, 0.717) is 23.8 Å².